The van der Waals surface area contributed by atoms with Crippen LogP contribution in [-0.4, -0.2) is 104 Å². The number of hydrogen-bond acceptors (Lipinski definition) is 7. The third-order valence-corrected chi connectivity index (χ3v) is 10.9. The Morgan fingerprint density at radius 3 is 1.93 bits per heavy atom. The molecule has 0 spiro atoms. The molecule has 0 bridgehead atoms. The van der Waals surface area contributed by atoms with E-state index in [0.717, 1.165) is 38.5 Å². The molecule has 0 aromatic carbocycles. The Morgan fingerprint density at radius 2 is 1.42 bits per heavy atom. The van der Waals surface area contributed by atoms with E-state index in [4.69, 9.17) is 0 Å². The summed E-state index contributed by atoms with van der Waals surface area (Å²) in [4.78, 5) is 46.8. The molecule has 11 nitrogen and oxygen atoms in total. The monoisotopic (exact) mass is 657 g/mol. The number of amides is 3. The topological polar surface area (TPSA) is 139 Å². The van der Waals surface area contributed by atoms with Crippen molar-refractivity contribution in [2.45, 2.75) is 117 Å². The second kappa shape index (κ2) is 19.2. The summed E-state index contributed by atoms with van der Waals surface area (Å²) in [5, 5.41) is 16.1. The predicted molar refractivity (Wildman–Crippen MR) is 178 cm³/mol. The first-order chi connectivity index (χ1) is 21.2. The van der Waals surface area contributed by atoms with E-state index in [1.54, 1.807) is 14.1 Å². The van der Waals surface area contributed by atoms with Gasteiger partial charge in [0.25, 0.3) is 0 Å². The van der Waals surface area contributed by atoms with E-state index in [2.05, 4.69) is 10.1 Å². The van der Waals surface area contributed by atoms with Crippen LogP contribution >= 0.6 is 0 Å². The highest BCUT2D eigenvalue weighted by molar-refractivity contribution is 7.89. The highest BCUT2D eigenvalue weighted by Crippen LogP contribution is 2.36. The number of likely N-dealkylation sites (N-methyl/N-ethyl adjacent to an activating group) is 1. The molecule has 2 fully saturated rings. The largest absolute Gasteiger partial charge is 0.390 e. The number of hydrogen-bond donors (Lipinski definition) is 3. The molecular weight excluding hydrogens is 594 g/mol. The fourth-order valence-corrected chi connectivity index (χ4v) is 8.63. The molecule has 12 heteroatoms. The molecule has 2 rings (SSSR count). The molecule has 45 heavy (non-hydrogen) atoms. The number of rotatable bonds is 18. The lowest BCUT2D eigenvalue weighted by atomic mass is 9.73. The number of carbonyl (C=O) groups is 3. The second-order valence-corrected chi connectivity index (χ2v) is 15.8. The molecule has 2 saturated carbocycles. The van der Waals surface area contributed by atoms with Gasteiger partial charge in [-0.25, -0.2) is 13.4 Å². The van der Waals surface area contributed by atoms with Gasteiger partial charge >= 0.3 is 0 Å². The van der Waals surface area contributed by atoms with Gasteiger partial charge in [-0.05, 0) is 50.4 Å². The molecule has 2 aliphatic carbocycles. The molecule has 2 aliphatic rings. The lowest BCUT2D eigenvalue weighted by Gasteiger charge is -2.38. The summed E-state index contributed by atoms with van der Waals surface area (Å²) in [6.07, 6.45) is 7.89. The summed E-state index contributed by atoms with van der Waals surface area (Å²) in [7, 11) is -0.170. The molecule has 5 unspecified atom stereocenters. The Labute approximate surface area is 273 Å². The average molecular weight is 658 g/mol. The van der Waals surface area contributed by atoms with Gasteiger partial charge in [-0.2, -0.15) is 0 Å². The molecule has 0 aromatic rings. The van der Waals surface area contributed by atoms with Gasteiger partial charge in [0.1, 0.15) is 0 Å². The molecule has 262 valence electrons. The first kappa shape index (κ1) is 39.4. The van der Waals surface area contributed by atoms with Crippen LogP contribution in [0.2, 0.25) is 0 Å². The second-order valence-electron chi connectivity index (χ2n) is 14.1. The van der Waals surface area contributed by atoms with E-state index in [1.807, 2.05) is 39.5 Å². The Hall–Kier alpha value is -1.76. The number of aliphatic hydroxyl groups is 1. The van der Waals surface area contributed by atoms with Crippen LogP contribution in [0.25, 0.3) is 0 Å². The SMILES string of the molecule is CCCN(CCC)C(=O)C1CC(C(=O)NC(CC2CCCCC2)C(O)CN(CC)NS(=O)(=O)CC(C)C)CC(C(=O)N(C)C)C1. The van der Waals surface area contributed by atoms with Crippen molar-refractivity contribution in [2.75, 3.05) is 46.0 Å². The minimum atomic E-state index is -3.58. The maximum absolute atomic E-state index is 14.0. The van der Waals surface area contributed by atoms with Crippen LogP contribution in [0.4, 0.5) is 0 Å². The predicted octanol–water partition coefficient (Wildman–Crippen LogP) is 3.38. The molecule has 0 aromatic heterocycles. The average Bonchev–Trinajstić information content (AvgIpc) is 2.98. The first-order valence-electron chi connectivity index (χ1n) is 17.4. The highest BCUT2D eigenvalue weighted by atomic mass is 32.2. The number of carbonyl (C=O) groups excluding carboxylic acids is 3. The Kier molecular flexibility index (Phi) is 16.8. The van der Waals surface area contributed by atoms with Gasteiger partial charge in [0.05, 0.1) is 17.9 Å². The zero-order chi connectivity index (χ0) is 33.7. The summed E-state index contributed by atoms with van der Waals surface area (Å²) in [6, 6.07) is -0.583. The van der Waals surface area contributed by atoms with Gasteiger partial charge in [-0.1, -0.05) is 66.7 Å². The van der Waals surface area contributed by atoms with Crippen molar-refractivity contribution in [3.8, 4) is 0 Å². The molecule has 5 atom stereocenters. The Balaban J connectivity index is 2.28. The van der Waals surface area contributed by atoms with Crippen molar-refractivity contribution in [3.63, 3.8) is 0 Å². The maximum atomic E-state index is 14.0. The van der Waals surface area contributed by atoms with Gasteiger partial charge in [-0.3, -0.25) is 14.4 Å². The molecular formula is C33H63N5O6S. The van der Waals surface area contributed by atoms with E-state index < -0.39 is 39.9 Å². The number of sulfonamides is 1. The zero-order valence-corrected chi connectivity index (χ0v) is 29.9. The molecule has 0 saturated heterocycles. The van der Waals surface area contributed by atoms with Crippen LogP contribution in [0.3, 0.4) is 0 Å². The fourth-order valence-electron chi connectivity index (χ4n) is 7.08. The zero-order valence-electron chi connectivity index (χ0n) is 29.1. The van der Waals surface area contributed by atoms with E-state index in [-0.39, 0.29) is 35.9 Å². The summed E-state index contributed by atoms with van der Waals surface area (Å²) in [5.41, 5.74) is 0. The third kappa shape index (κ3) is 13.1. The van der Waals surface area contributed by atoms with Crippen LogP contribution in [0.1, 0.15) is 105 Å². The van der Waals surface area contributed by atoms with Crippen molar-refractivity contribution < 1.29 is 27.9 Å². The minimum absolute atomic E-state index is 0.0128. The molecule has 0 radical (unpaired) electrons. The van der Waals surface area contributed by atoms with Crippen molar-refractivity contribution >= 4 is 27.7 Å². The van der Waals surface area contributed by atoms with Crippen LogP contribution in [0.5, 0.6) is 0 Å². The lowest BCUT2D eigenvalue weighted by molar-refractivity contribution is -0.143. The summed E-state index contributed by atoms with van der Waals surface area (Å²) in [6.45, 7) is 11.3. The van der Waals surface area contributed by atoms with Crippen molar-refractivity contribution in [1.82, 2.24) is 25.0 Å². The molecule has 3 N–H and O–H groups in total. The number of nitrogens with zero attached hydrogens (tertiary/aromatic N) is 3. The van der Waals surface area contributed by atoms with E-state index in [1.165, 1.54) is 16.3 Å². The van der Waals surface area contributed by atoms with Crippen molar-refractivity contribution in [2.24, 2.45) is 29.6 Å². The highest BCUT2D eigenvalue weighted by Gasteiger charge is 2.41. The number of nitrogens with one attached hydrogen (secondary N) is 2. The fraction of sp³-hybridized carbons (Fsp3) is 0.909. The van der Waals surface area contributed by atoms with E-state index in [9.17, 15) is 27.9 Å². The minimum Gasteiger partial charge on any atom is -0.390 e. The normalized spacial score (nSPS) is 22.7. The molecule has 3 amide bonds. The summed E-state index contributed by atoms with van der Waals surface area (Å²) >= 11 is 0. The van der Waals surface area contributed by atoms with Crippen LogP contribution < -0.4 is 10.1 Å². The van der Waals surface area contributed by atoms with Crippen molar-refractivity contribution in [3.05, 3.63) is 0 Å². The summed E-state index contributed by atoms with van der Waals surface area (Å²) < 4.78 is 25.3. The van der Waals surface area contributed by atoms with Crippen LogP contribution in [0.15, 0.2) is 0 Å². The molecule has 0 heterocycles. The van der Waals surface area contributed by atoms with Crippen molar-refractivity contribution in [1.29, 1.82) is 0 Å². The Bertz CT molecular complexity index is 1030. The Morgan fingerprint density at radius 1 is 0.867 bits per heavy atom. The van der Waals surface area contributed by atoms with Crippen LogP contribution in [-0.2, 0) is 24.4 Å². The van der Waals surface area contributed by atoms with Gasteiger partial charge in [0.15, 0.2) is 0 Å². The van der Waals surface area contributed by atoms with Gasteiger partial charge in [0.2, 0.25) is 27.7 Å². The third-order valence-electron chi connectivity index (χ3n) is 9.23. The quantitative estimate of drug-likeness (QED) is 0.192. The van der Waals surface area contributed by atoms with E-state index >= 15 is 0 Å². The van der Waals surface area contributed by atoms with Crippen LogP contribution in [0, 0.1) is 29.6 Å². The molecule has 0 aliphatic heterocycles. The van der Waals surface area contributed by atoms with Gasteiger partial charge in [0, 0.05) is 58.0 Å². The first-order valence-corrected chi connectivity index (χ1v) is 19.1. The summed E-state index contributed by atoms with van der Waals surface area (Å²) in [5.74, 6) is -1.42. The van der Waals surface area contributed by atoms with Gasteiger partial charge in [-0.15, -0.1) is 4.83 Å². The van der Waals surface area contributed by atoms with E-state index in [0.29, 0.717) is 51.2 Å². The van der Waals surface area contributed by atoms with Gasteiger partial charge < -0.3 is 20.2 Å². The lowest BCUT2D eigenvalue weighted by Crippen LogP contribution is -2.55. The maximum Gasteiger partial charge on any atom is 0.225 e. The number of hydrazine groups is 1. The standard InChI is InChI=1S/C33H63N5O6S/c1-8-16-37(17-9-2)33(42)28-20-26(19-27(21-28)32(41)36(6)7)31(40)34-29(18-25-14-12-11-13-15-25)30(39)22-38(10-3)35-45(43,44)23-24(4)5/h24-30,35,39H,8-23H2,1-7H3,(H,34,40). The smallest absolute Gasteiger partial charge is 0.225 e. The number of aliphatic hydroxyl groups excluding tert-OH is 1.